The molecule has 1 aromatic rings. The van der Waals surface area contributed by atoms with Gasteiger partial charge in [-0.3, -0.25) is 15.0 Å². The van der Waals surface area contributed by atoms with Crippen molar-refractivity contribution in [2.75, 3.05) is 5.32 Å². The van der Waals surface area contributed by atoms with Crippen LogP contribution < -0.4 is 15.6 Å². The van der Waals surface area contributed by atoms with Crippen molar-refractivity contribution in [1.82, 2.24) is 10.3 Å². The molecule has 4 bridgehead atoms. The maximum absolute atomic E-state index is 12.5. The minimum absolute atomic E-state index is 0.0247. The van der Waals surface area contributed by atoms with Crippen LogP contribution in [-0.4, -0.2) is 20.2 Å². The molecule has 0 aliphatic heterocycles. The third-order valence-corrected chi connectivity index (χ3v) is 7.77. The van der Waals surface area contributed by atoms with Gasteiger partial charge in [0.2, 0.25) is 11.8 Å². The summed E-state index contributed by atoms with van der Waals surface area (Å²) >= 11 is 0. The number of anilines is 1. The van der Waals surface area contributed by atoms with Crippen LogP contribution in [0.2, 0.25) is 0 Å². The summed E-state index contributed by atoms with van der Waals surface area (Å²) in [6, 6.07) is 5.79. The largest absolute Gasteiger partial charge is 0.326 e. The Balaban J connectivity index is 1.34. The number of hydrogen-bond acceptors (Lipinski definition) is 4. The molecule has 4 saturated carbocycles. The lowest BCUT2D eigenvalue weighted by atomic mass is 9.49. The van der Waals surface area contributed by atoms with Gasteiger partial charge in [0.25, 0.3) is 10.0 Å². The second kappa shape index (κ2) is 7.15. The van der Waals surface area contributed by atoms with Crippen LogP contribution in [0.3, 0.4) is 0 Å². The van der Waals surface area contributed by atoms with Crippen molar-refractivity contribution in [3.05, 3.63) is 24.3 Å². The molecule has 152 valence electrons. The van der Waals surface area contributed by atoms with Crippen molar-refractivity contribution in [3.63, 3.8) is 0 Å². The fourth-order valence-corrected chi connectivity index (χ4v) is 6.86. The Hall–Kier alpha value is -1.93. The Morgan fingerprint density at radius 3 is 2.04 bits per heavy atom. The monoisotopic (exact) mass is 405 g/mol. The fourth-order valence-electron chi connectivity index (χ4n) is 6.00. The SMILES string of the molecule is CC(=O)Nc1ccc(S(=O)(=O)NNC(=O)CC23CC4CC(CC(C4)C2)C3)cc1. The molecule has 0 atom stereocenters. The maximum atomic E-state index is 12.5. The molecule has 0 heterocycles. The molecule has 8 heteroatoms. The summed E-state index contributed by atoms with van der Waals surface area (Å²) in [5.74, 6) is 1.75. The second-order valence-corrected chi connectivity index (χ2v) is 10.6. The fraction of sp³-hybridized carbons (Fsp3) is 0.600. The molecule has 0 radical (unpaired) electrons. The van der Waals surface area contributed by atoms with E-state index in [4.69, 9.17) is 0 Å². The van der Waals surface area contributed by atoms with Crippen LogP contribution in [0.25, 0.3) is 0 Å². The summed E-state index contributed by atoms with van der Waals surface area (Å²) in [4.78, 5) is 25.8. The summed E-state index contributed by atoms with van der Waals surface area (Å²) in [6.45, 7) is 1.38. The maximum Gasteiger partial charge on any atom is 0.257 e. The first kappa shape index (κ1) is 19.4. The van der Waals surface area contributed by atoms with Crippen molar-refractivity contribution >= 4 is 27.5 Å². The summed E-state index contributed by atoms with van der Waals surface area (Å²) in [7, 11) is -3.86. The Bertz CT molecular complexity index is 844. The lowest BCUT2D eigenvalue weighted by molar-refractivity contribution is -0.129. The highest BCUT2D eigenvalue weighted by molar-refractivity contribution is 7.89. The van der Waals surface area contributed by atoms with Gasteiger partial charge < -0.3 is 5.32 Å². The number of carbonyl (C=O) groups is 2. The predicted molar refractivity (Wildman–Crippen MR) is 104 cm³/mol. The Labute approximate surface area is 165 Å². The van der Waals surface area contributed by atoms with E-state index in [9.17, 15) is 18.0 Å². The molecule has 2 amide bonds. The van der Waals surface area contributed by atoms with Crippen molar-refractivity contribution in [2.24, 2.45) is 23.2 Å². The smallest absolute Gasteiger partial charge is 0.257 e. The minimum atomic E-state index is -3.86. The number of hydrogen-bond donors (Lipinski definition) is 3. The topological polar surface area (TPSA) is 104 Å². The van der Waals surface area contributed by atoms with Crippen molar-refractivity contribution < 1.29 is 18.0 Å². The van der Waals surface area contributed by atoms with Crippen molar-refractivity contribution in [3.8, 4) is 0 Å². The number of rotatable bonds is 6. The number of nitrogens with one attached hydrogen (secondary N) is 3. The van der Waals surface area contributed by atoms with Gasteiger partial charge in [-0.05, 0) is 86.0 Å². The zero-order chi connectivity index (χ0) is 19.9. The molecule has 4 aliphatic rings. The summed E-state index contributed by atoms with van der Waals surface area (Å²) in [5, 5.41) is 2.58. The first-order valence-electron chi connectivity index (χ1n) is 9.91. The van der Waals surface area contributed by atoms with Crippen LogP contribution >= 0.6 is 0 Å². The van der Waals surface area contributed by atoms with Gasteiger partial charge in [-0.1, -0.05) is 0 Å². The molecular formula is C20H27N3O4S. The van der Waals surface area contributed by atoms with E-state index in [-0.39, 0.29) is 22.1 Å². The minimum Gasteiger partial charge on any atom is -0.326 e. The molecule has 4 aliphatic carbocycles. The number of carbonyl (C=O) groups excluding carboxylic acids is 2. The number of benzene rings is 1. The quantitative estimate of drug-likeness (QED) is 0.633. The summed E-state index contributed by atoms with van der Waals surface area (Å²) in [5.41, 5.74) is 2.97. The summed E-state index contributed by atoms with van der Waals surface area (Å²) < 4.78 is 24.8. The van der Waals surface area contributed by atoms with E-state index in [1.807, 2.05) is 0 Å². The Morgan fingerprint density at radius 2 is 1.54 bits per heavy atom. The normalized spacial score (nSPS) is 30.8. The van der Waals surface area contributed by atoms with Crippen LogP contribution in [0.5, 0.6) is 0 Å². The first-order valence-corrected chi connectivity index (χ1v) is 11.4. The molecule has 0 saturated heterocycles. The van der Waals surface area contributed by atoms with Crippen LogP contribution in [0.4, 0.5) is 5.69 Å². The van der Waals surface area contributed by atoms with Crippen molar-refractivity contribution in [1.29, 1.82) is 0 Å². The van der Waals surface area contributed by atoms with Gasteiger partial charge in [-0.25, -0.2) is 8.42 Å². The van der Waals surface area contributed by atoms with E-state index in [2.05, 4.69) is 15.6 Å². The average Bonchev–Trinajstić information content (AvgIpc) is 2.58. The highest BCUT2D eigenvalue weighted by Crippen LogP contribution is 2.61. The zero-order valence-corrected chi connectivity index (χ0v) is 16.8. The molecule has 4 fully saturated rings. The van der Waals surface area contributed by atoms with Crippen LogP contribution in [0.1, 0.15) is 51.9 Å². The molecule has 1 aromatic carbocycles. The van der Waals surface area contributed by atoms with E-state index in [1.54, 1.807) is 0 Å². The molecular weight excluding hydrogens is 378 g/mol. The molecule has 5 rings (SSSR count). The summed E-state index contributed by atoms with van der Waals surface area (Å²) in [6.07, 6.45) is 7.61. The van der Waals surface area contributed by atoms with E-state index < -0.39 is 10.0 Å². The molecule has 0 spiro atoms. The van der Waals surface area contributed by atoms with Gasteiger partial charge in [-0.15, -0.1) is 4.83 Å². The average molecular weight is 406 g/mol. The highest BCUT2D eigenvalue weighted by atomic mass is 32.2. The number of hydrazine groups is 1. The third-order valence-electron chi connectivity index (χ3n) is 6.51. The van der Waals surface area contributed by atoms with Gasteiger partial charge in [0, 0.05) is 19.0 Å². The molecule has 7 nitrogen and oxygen atoms in total. The standard InChI is InChI=1S/C20H27N3O4S/c1-13(24)21-17-2-4-18(5-3-17)28(26,27)23-22-19(25)12-20-9-14-6-15(10-20)8-16(7-14)11-20/h2-5,14-16,23H,6-12H2,1H3,(H,21,24)(H,22,25). The molecule has 28 heavy (non-hydrogen) atoms. The van der Waals surface area contributed by atoms with E-state index >= 15 is 0 Å². The predicted octanol–water partition coefficient (Wildman–Crippen LogP) is 2.56. The van der Waals surface area contributed by atoms with Gasteiger partial charge in [0.15, 0.2) is 0 Å². The highest BCUT2D eigenvalue weighted by Gasteiger charge is 2.51. The number of sulfonamides is 1. The van der Waals surface area contributed by atoms with Crippen LogP contribution in [0.15, 0.2) is 29.2 Å². The third kappa shape index (κ3) is 4.07. The van der Waals surface area contributed by atoms with E-state index in [1.165, 1.54) is 50.5 Å². The molecule has 0 aromatic heterocycles. The molecule has 3 N–H and O–H groups in total. The van der Waals surface area contributed by atoms with E-state index in [0.717, 1.165) is 37.0 Å². The lowest BCUT2D eigenvalue weighted by Crippen LogP contribution is -2.50. The van der Waals surface area contributed by atoms with Gasteiger partial charge in [-0.2, -0.15) is 0 Å². The Kier molecular flexibility index (Phi) is 4.95. The van der Waals surface area contributed by atoms with Crippen LogP contribution in [0, 0.1) is 23.2 Å². The first-order chi connectivity index (χ1) is 13.2. The van der Waals surface area contributed by atoms with E-state index in [0.29, 0.717) is 12.1 Å². The zero-order valence-electron chi connectivity index (χ0n) is 16.0. The van der Waals surface area contributed by atoms with Crippen LogP contribution in [-0.2, 0) is 19.6 Å². The number of amides is 2. The van der Waals surface area contributed by atoms with Gasteiger partial charge in [0.05, 0.1) is 4.90 Å². The van der Waals surface area contributed by atoms with Crippen molar-refractivity contribution in [2.45, 2.75) is 56.8 Å². The lowest BCUT2D eigenvalue weighted by Gasteiger charge is -2.56. The Morgan fingerprint density at radius 1 is 1.00 bits per heavy atom. The van der Waals surface area contributed by atoms with Gasteiger partial charge >= 0.3 is 0 Å². The van der Waals surface area contributed by atoms with Gasteiger partial charge in [0.1, 0.15) is 0 Å². The second-order valence-electron chi connectivity index (χ2n) is 8.95. The molecule has 0 unspecified atom stereocenters.